The van der Waals surface area contributed by atoms with E-state index in [1.165, 1.54) is 0 Å². The van der Waals surface area contributed by atoms with Crippen LogP contribution < -0.4 is 10.9 Å². The molecule has 1 aliphatic rings. The average Bonchev–Trinajstić information content (AvgIpc) is 1.72. The number of halogens is 1. The standard InChI is InChI=1S/C4H6N2.ClH/c1-2-4-6-5-3-1;/h1-6H;1H. The molecule has 0 saturated carbocycles. The second-order valence-corrected chi connectivity index (χ2v) is 1.01. The minimum Gasteiger partial charge on any atom is -0.309 e. The summed E-state index contributed by atoms with van der Waals surface area (Å²) in [6.45, 7) is 0. The van der Waals surface area contributed by atoms with Gasteiger partial charge in [-0.3, -0.25) is 0 Å². The van der Waals surface area contributed by atoms with Crippen molar-refractivity contribution in [3.05, 3.63) is 24.6 Å². The van der Waals surface area contributed by atoms with Gasteiger partial charge in [0.1, 0.15) is 0 Å². The molecule has 0 radical (unpaired) electrons. The van der Waals surface area contributed by atoms with Crippen molar-refractivity contribution in [1.29, 1.82) is 0 Å². The summed E-state index contributed by atoms with van der Waals surface area (Å²) in [6, 6.07) is 0. The number of nitrogens with one attached hydrogen (secondary N) is 2. The summed E-state index contributed by atoms with van der Waals surface area (Å²) in [6.07, 6.45) is 7.47. The monoisotopic (exact) mass is 118 g/mol. The fourth-order valence-electron chi connectivity index (χ4n) is 0.304. The van der Waals surface area contributed by atoms with Crippen molar-refractivity contribution in [3.8, 4) is 0 Å². The first kappa shape index (κ1) is 6.37. The lowest BCUT2D eigenvalue weighted by molar-refractivity contribution is 0.767. The summed E-state index contributed by atoms with van der Waals surface area (Å²) in [5, 5.41) is 0. The van der Waals surface area contributed by atoms with Gasteiger partial charge in [-0.1, -0.05) is 0 Å². The van der Waals surface area contributed by atoms with Crippen molar-refractivity contribution in [3.63, 3.8) is 0 Å². The minimum absolute atomic E-state index is 0. The molecule has 0 aromatic heterocycles. The lowest BCUT2D eigenvalue weighted by Crippen LogP contribution is -2.21. The van der Waals surface area contributed by atoms with Crippen molar-refractivity contribution >= 4 is 12.4 Å². The van der Waals surface area contributed by atoms with Crippen molar-refractivity contribution in [2.45, 2.75) is 0 Å². The molecule has 40 valence electrons. The van der Waals surface area contributed by atoms with Gasteiger partial charge in [-0.15, -0.1) is 12.4 Å². The number of rotatable bonds is 0. The lowest BCUT2D eigenvalue weighted by atomic mass is 10.5. The molecular formula is C4H7ClN2. The van der Waals surface area contributed by atoms with Gasteiger partial charge in [-0.05, 0) is 12.2 Å². The van der Waals surface area contributed by atoms with E-state index < -0.39 is 0 Å². The Bertz CT molecular complexity index is 75.7. The maximum Gasteiger partial charge on any atom is 0.0178 e. The van der Waals surface area contributed by atoms with Crippen LogP contribution in [0.1, 0.15) is 0 Å². The van der Waals surface area contributed by atoms with Gasteiger partial charge in [-0.2, -0.15) is 0 Å². The third-order valence-corrected chi connectivity index (χ3v) is 0.554. The van der Waals surface area contributed by atoms with Crippen LogP contribution in [0.3, 0.4) is 0 Å². The second-order valence-electron chi connectivity index (χ2n) is 1.01. The molecule has 1 rings (SSSR count). The molecule has 0 amide bonds. The molecule has 2 N–H and O–H groups in total. The topological polar surface area (TPSA) is 24.1 Å². The van der Waals surface area contributed by atoms with E-state index in [9.17, 15) is 0 Å². The number of allylic oxidation sites excluding steroid dienone is 2. The summed E-state index contributed by atoms with van der Waals surface area (Å²) < 4.78 is 0. The normalized spacial score (nSPS) is 13.7. The molecule has 0 aliphatic carbocycles. The van der Waals surface area contributed by atoms with E-state index in [-0.39, 0.29) is 12.4 Å². The van der Waals surface area contributed by atoms with Crippen LogP contribution in [0.4, 0.5) is 0 Å². The molecule has 0 fully saturated rings. The Hall–Kier alpha value is -0.630. The third kappa shape index (κ3) is 2.11. The molecule has 0 spiro atoms. The van der Waals surface area contributed by atoms with Gasteiger partial charge in [0.05, 0.1) is 0 Å². The van der Waals surface area contributed by atoms with Gasteiger partial charge in [-0.25, -0.2) is 0 Å². The van der Waals surface area contributed by atoms with Crippen LogP contribution in [0.15, 0.2) is 24.6 Å². The molecule has 1 heterocycles. The zero-order valence-electron chi connectivity index (χ0n) is 3.72. The van der Waals surface area contributed by atoms with Crippen LogP contribution in [0, 0.1) is 0 Å². The minimum atomic E-state index is 0. The molecule has 3 heteroatoms. The van der Waals surface area contributed by atoms with Gasteiger partial charge in [0.15, 0.2) is 0 Å². The first-order chi connectivity index (χ1) is 3.00. The Morgan fingerprint density at radius 2 is 1.29 bits per heavy atom. The highest BCUT2D eigenvalue weighted by Gasteiger charge is 1.70. The molecule has 7 heavy (non-hydrogen) atoms. The highest BCUT2D eigenvalue weighted by molar-refractivity contribution is 5.85. The Labute approximate surface area is 48.7 Å². The molecule has 2 nitrogen and oxygen atoms in total. The summed E-state index contributed by atoms with van der Waals surface area (Å²) >= 11 is 0. The van der Waals surface area contributed by atoms with Crippen molar-refractivity contribution in [2.24, 2.45) is 0 Å². The molecule has 1 aliphatic heterocycles. The molecule has 0 aromatic rings. The van der Waals surface area contributed by atoms with E-state index in [2.05, 4.69) is 10.9 Å². The first-order valence-electron chi connectivity index (χ1n) is 1.83. The molecule has 0 aromatic carbocycles. The zero-order chi connectivity index (χ0) is 4.24. The Morgan fingerprint density at radius 1 is 0.857 bits per heavy atom. The lowest BCUT2D eigenvalue weighted by Gasteiger charge is -1.99. The predicted octanol–water partition coefficient (Wildman–Crippen LogP) is 0.543. The molecule has 0 saturated heterocycles. The summed E-state index contributed by atoms with van der Waals surface area (Å²) in [5.74, 6) is 0. The first-order valence-corrected chi connectivity index (χ1v) is 1.83. The summed E-state index contributed by atoms with van der Waals surface area (Å²) in [5.41, 5.74) is 5.53. The van der Waals surface area contributed by atoms with Crippen molar-refractivity contribution in [1.82, 2.24) is 10.9 Å². The second kappa shape index (κ2) is 3.56. The number of hydrazine groups is 1. The van der Waals surface area contributed by atoms with E-state index in [1.54, 1.807) is 0 Å². The van der Waals surface area contributed by atoms with E-state index in [0.717, 1.165) is 0 Å². The molecular weight excluding hydrogens is 112 g/mol. The van der Waals surface area contributed by atoms with Crippen LogP contribution in [-0.2, 0) is 0 Å². The van der Waals surface area contributed by atoms with Gasteiger partial charge in [0.25, 0.3) is 0 Å². The Morgan fingerprint density at radius 3 is 1.43 bits per heavy atom. The van der Waals surface area contributed by atoms with Crippen LogP contribution in [-0.4, -0.2) is 0 Å². The van der Waals surface area contributed by atoms with Gasteiger partial charge in [0, 0.05) is 12.4 Å². The maximum absolute atomic E-state index is 2.77. The van der Waals surface area contributed by atoms with E-state index in [4.69, 9.17) is 0 Å². The van der Waals surface area contributed by atoms with Crippen molar-refractivity contribution < 1.29 is 0 Å². The van der Waals surface area contributed by atoms with Crippen LogP contribution in [0.25, 0.3) is 0 Å². The molecule has 0 bridgehead atoms. The maximum atomic E-state index is 2.77. The van der Waals surface area contributed by atoms with Gasteiger partial charge in [0.2, 0.25) is 0 Å². The quantitative estimate of drug-likeness (QED) is 0.485. The highest BCUT2D eigenvalue weighted by atomic mass is 35.5. The molecule has 0 atom stereocenters. The van der Waals surface area contributed by atoms with Gasteiger partial charge >= 0.3 is 0 Å². The van der Waals surface area contributed by atoms with Gasteiger partial charge < -0.3 is 10.9 Å². The third-order valence-electron chi connectivity index (χ3n) is 0.554. The summed E-state index contributed by atoms with van der Waals surface area (Å²) in [4.78, 5) is 0. The van der Waals surface area contributed by atoms with E-state index >= 15 is 0 Å². The zero-order valence-corrected chi connectivity index (χ0v) is 4.53. The fourth-order valence-corrected chi connectivity index (χ4v) is 0.304. The van der Waals surface area contributed by atoms with Crippen LogP contribution >= 0.6 is 12.4 Å². The van der Waals surface area contributed by atoms with E-state index in [0.29, 0.717) is 0 Å². The largest absolute Gasteiger partial charge is 0.309 e. The fraction of sp³-hybridized carbons (Fsp3) is 0. The highest BCUT2D eigenvalue weighted by Crippen LogP contribution is 1.73. The van der Waals surface area contributed by atoms with Crippen molar-refractivity contribution in [2.75, 3.05) is 0 Å². The summed E-state index contributed by atoms with van der Waals surface area (Å²) in [7, 11) is 0. The number of hydrogen-bond acceptors (Lipinski definition) is 2. The van der Waals surface area contributed by atoms with Crippen LogP contribution in [0.5, 0.6) is 0 Å². The van der Waals surface area contributed by atoms with E-state index in [1.807, 2.05) is 24.6 Å². The molecule has 0 unspecified atom stereocenters. The predicted molar refractivity (Wildman–Crippen MR) is 31.8 cm³/mol. The SMILES string of the molecule is C1=CNNC=C1.Cl. The smallest absolute Gasteiger partial charge is 0.0178 e. The Balaban J connectivity index is 0.000000360. The average molecular weight is 119 g/mol. The Kier molecular flexibility index (Phi) is 3.24. The van der Waals surface area contributed by atoms with Crippen LogP contribution in [0.2, 0.25) is 0 Å². The number of hydrogen-bond donors (Lipinski definition) is 2.